The number of aliphatic hydroxyl groups excluding tert-OH is 1. The van der Waals surface area contributed by atoms with Crippen LogP contribution in [0.1, 0.15) is 166 Å². The van der Waals surface area contributed by atoms with E-state index in [1.165, 1.54) is 45.4 Å². The van der Waals surface area contributed by atoms with Gasteiger partial charge in [-0.1, -0.05) is 164 Å². The smallest absolute Gasteiger partial charge is 0.306 e. The Morgan fingerprint density at radius 2 is 1.33 bits per heavy atom. The van der Waals surface area contributed by atoms with Crippen LogP contribution in [-0.4, -0.2) is 57.8 Å². The summed E-state index contributed by atoms with van der Waals surface area (Å²) in [7, 11) is 0. The van der Waals surface area contributed by atoms with Gasteiger partial charge in [0.25, 0.3) is 0 Å². The number of esters is 2. The largest absolute Gasteiger partial charge is 0.462 e. The number of fused-ring (bicyclic) bond motifs is 1. The van der Waals surface area contributed by atoms with Gasteiger partial charge >= 0.3 is 11.9 Å². The molecule has 5 atom stereocenters. The second kappa shape index (κ2) is 23.5. The minimum atomic E-state index is -1.12. The van der Waals surface area contributed by atoms with Gasteiger partial charge in [0.15, 0.2) is 5.60 Å². The molecule has 0 aromatic rings. The van der Waals surface area contributed by atoms with E-state index < -0.39 is 22.9 Å². The molecule has 1 aliphatic heterocycles. The molecule has 0 amide bonds. The molecule has 0 radical (unpaired) electrons. The summed E-state index contributed by atoms with van der Waals surface area (Å²) in [5, 5.41) is 21.7. The molecule has 336 valence electrons. The number of hydrogen-bond donors (Lipinski definition) is 2. The number of aliphatic hydroxyl groups is 2. The third kappa shape index (κ3) is 16.4. The van der Waals surface area contributed by atoms with E-state index in [-0.39, 0.29) is 35.5 Å². The predicted molar refractivity (Wildman–Crippen MR) is 249 cm³/mol. The fraction of sp³-hybridized carbons (Fsp3) is 0.611. The second-order valence-corrected chi connectivity index (χ2v) is 19.4. The number of rotatable bonds is 20. The van der Waals surface area contributed by atoms with Crippen molar-refractivity contribution in [3.05, 3.63) is 100 Å². The average Bonchev–Trinajstić information content (AvgIpc) is 3.77. The van der Waals surface area contributed by atoms with E-state index in [0.29, 0.717) is 37.7 Å². The number of unbranched alkanes of at least 4 members (excludes halogenated alkanes) is 8. The lowest BCUT2D eigenvalue weighted by Crippen LogP contribution is -2.46. The Hall–Kier alpha value is -3.92. The summed E-state index contributed by atoms with van der Waals surface area (Å²) in [4.78, 5) is 24.2. The molecular weight excluding hydrogens is 761 g/mol. The molecule has 3 rings (SSSR count). The monoisotopic (exact) mass is 839 g/mol. The summed E-state index contributed by atoms with van der Waals surface area (Å²) >= 11 is 0. The van der Waals surface area contributed by atoms with Crippen molar-refractivity contribution in [1.82, 2.24) is 0 Å². The van der Waals surface area contributed by atoms with E-state index in [1.54, 1.807) is 6.92 Å². The Labute approximate surface area is 369 Å². The lowest BCUT2D eigenvalue weighted by molar-refractivity contribution is -0.152. The second-order valence-electron chi connectivity index (χ2n) is 19.4. The van der Waals surface area contributed by atoms with E-state index in [9.17, 15) is 19.8 Å². The fourth-order valence-corrected chi connectivity index (χ4v) is 9.15. The van der Waals surface area contributed by atoms with Crippen LogP contribution < -0.4 is 0 Å². The van der Waals surface area contributed by atoms with Gasteiger partial charge in [0.05, 0.1) is 11.7 Å². The lowest BCUT2D eigenvalue weighted by atomic mass is 9.63. The summed E-state index contributed by atoms with van der Waals surface area (Å²) in [5.74, 6) is 6.22. The highest BCUT2D eigenvalue weighted by Crippen LogP contribution is 2.65. The standard InChI is InChI=1S/C54H78O7/c1-12-13-14-15-16-17-18-19-20-31-49(57)59-40-45(34-35-54-51(8,9)36-46(56)37-53(54,11)61-54)30-24-29-42(3)26-22-21-25-41(2)27-23-28-43(4)32-33-48-50(6,7)38-47(60-44(5)55)39-52(48,10)58/h21-30,32,46-47,56,58H,12-20,31,36-40H2,1-11H3. The number of epoxide rings is 1. The number of carbonyl (C=O) groups is 2. The molecule has 5 unspecified atom stereocenters. The van der Waals surface area contributed by atoms with Gasteiger partial charge in [-0.15, -0.1) is 5.73 Å². The summed E-state index contributed by atoms with van der Waals surface area (Å²) in [6.07, 6.45) is 34.5. The van der Waals surface area contributed by atoms with Crippen LogP contribution in [0.25, 0.3) is 0 Å². The van der Waals surface area contributed by atoms with E-state index in [0.717, 1.165) is 41.6 Å². The Balaban J connectivity index is 1.62. The molecular formula is C54H78O7. The van der Waals surface area contributed by atoms with Crippen molar-refractivity contribution in [2.75, 3.05) is 6.61 Å². The zero-order valence-corrected chi connectivity index (χ0v) is 39.5. The molecule has 2 N–H and O–H groups in total. The average molecular weight is 839 g/mol. The van der Waals surface area contributed by atoms with E-state index in [4.69, 9.17) is 14.2 Å². The van der Waals surface area contributed by atoms with Gasteiger partial charge in [0.1, 0.15) is 18.3 Å². The first kappa shape index (κ1) is 51.4. The van der Waals surface area contributed by atoms with Crippen molar-refractivity contribution in [2.45, 2.75) is 195 Å². The normalized spacial score (nSPS) is 27.7. The predicted octanol–water partition coefficient (Wildman–Crippen LogP) is 12.2. The SMILES string of the molecule is CCCCCCCCCCCC(=O)OCC(C#CC12OC1(C)CC(O)CC2(C)C)=CC=CC(C)=CC=CC=C(C)C=CC=C(C)C=C=C1C(C)(C)CC(OC(C)=O)CC1(C)O. The van der Waals surface area contributed by atoms with Crippen molar-refractivity contribution in [1.29, 1.82) is 0 Å². The van der Waals surface area contributed by atoms with Gasteiger partial charge < -0.3 is 24.4 Å². The highest BCUT2D eigenvalue weighted by atomic mass is 16.6. The van der Waals surface area contributed by atoms with Crippen molar-refractivity contribution in [3.8, 4) is 11.8 Å². The molecule has 0 aromatic carbocycles. The Morgan fingerprint density at radius 3 is 1.90 bits per heavy atom. The van der Waals surface area contributed by atoms with Crippen LogP contribution in [0.3, 0.4) is 0 Å². The highest BCUT2D eigenvalue weighted by molar-refractivity contribution is 5.69. The third-order valence-corrected chi connectivity index (χ3v) is 12.2. The van der Waals surface area contributed by atoms with Crippen molar-refractivity contribution in [2.24, 2.45) is 10.8 Å². The number of ether oxygens (including phenoxy) is 3. The fourth-order valence-electron chi connectivity index (χ4n) is 9.15. The summed E-state index contributed by atoms with van der Waals surface area (Å²) in [6.45, 7) is 21.9. The summed E-state index contributed by atoms with van der Waals surface area (Å²) < 4.78 is 17.5. The molecule has 1 saturated heterocycles. The summed E-state index contributed by atoms with van der Waals surface area (Å²) in [5.41, 5.74) is 5.05. The van der Waals surface area contributed by atoms with Crippen LogP contribution in [0.4, 0.5) is 0 Å². The zero-order chi connectivity index (χ0) is 45.3. The van der Waals surface area contributed by atoms with Crippen LogP contribution in [-0.2, 0) is 23.8 Å². The maximum absolute atomic E-state index is 12.7. The first-order valence-corrected chi connectivity index (χ1v) is 22.8. The van der Waals surface area contributed by atoms with Crippen LogP contribution >= 0.6 is 0 Å². The van der Waals surface area contributed by atoms with Gasteiger partial charge in [-0.25, -0.2) is 0 Å². The maximum atomic E-state index is 12.7. The Bertz CT molecular complexity index is 1840. The van der Waals surface area contributed by atoms with Crippen LogP contribution in [0.15, 0.2) is 100 Å². The van der Waals surface area contributed by atoms with Gasteiger partial charge in [0, 0.05) is 42.7 Å². The topological polar surface area (TPSA) is 106 Å². The van der Waals surface area contributed by atoms with E-state index in [2.05, 4.69) is 52.2 Å². The Morgan fingerprint density at radius 1 is 0.754 bits per heavy atom. The van der Waals surface area contributed by atoms with Gasteiger partial charge in [-0.2, -0.15) is 0 Å². The zero-order valence-electron chi connectivity index (χ0n) is 39.5. The van der Waals surface area contributed by atoms with E-state index in [1.807, 2.05) is 94.5 Å². The molecule has 61 heavy (non-hydrogen) atoms. The minimum Gasteiger partial charge on any atom is -0.462 e. The molecule has 1 heterocycles. The van der Waals surface area contributed by atoms with Gasteiger partial charge in [-0.05, 0) is 77.0 Å². The van der Waals surface area contributed by atoms with Crippen LogP contribution in [0, 0.1) is 22.7 Å². The van der Waals surface area contributed by atoms with Crippen LogP contribution in [0.2, 0.25) is 0 Å². The van der Waals surface area contributed by atoms with Gasteiger partial charge in [-0.3, -0.25) is 9.59 Å². The minimum absolute atomic E-state index is 0.103. The van der Waals surface area contributed by atoms with Crippen molar-refractivity contribution >= 4 is 11.9 Å². The van der Waals surface area contributed by atoms with Gasteiger partial charge in [0.2, 0.25) is 0 Å². The summed E-state index contributed by atoms with van der Waals surface area (Å²) in [6, 6.07) is 0. The molecule has 3 aliphatic rings. The molecule has 2 saturated carbocycles. The maximum Gasteiger partial charge on any atom is 0.306 e. The van der Waals surface area contributed by atoms with Crippen LogP contribution in [0.5, 0.6) is 0 Å². The Kier molecular flexibility index (Phi) is 19.8. The molecule has 0 spiro atoms. The lowest BCUT2D eigenvalue weighted by Gasteiger charge is -2.44. The van der Waals surface area contributed by atoms with Crippen molar-refractivity contribution < 1.29 is 34.0 Å². The van der Waals surface area contributed by atoms with Crippen molar-refractivity contribution in [3.63, 3.8) is 0 Å². The quantitative estimate of drug-likeness (QED) is 0.0314. The number of allylic oxidation sites excluding steroid dienone is 13. The first-order chi connectivity index (χ1) is 28.6. The molecule has 7 nitrogen and oxygen atoms in total. The molecule has 0 bridgehead atoms. The number of carbonyl (C=O) groups excluding carboxylic acids is 2. The molecule has 7 heteroatoms. The highest BCUT2D eigenvalue weighted by Gasteiger charge is 2.75. The molecule has 0 aromatic heterocycles. The molecule has 2 aliphatic carbocycles. The number of hydrogen-bond acceptors (Lipinski definition) is 7. The van der Waals surface area contributed by atoms with E-state index >= 15 is 0 Å². The third-order valence-electron chi connectivity index (χ3n) is 12.2. The first-order valence-electron chi connectivity index (χ1n) is 22.8. The molecule has 3 fully saturated rings.